The van der Waals surface area contributed by atoms with Crippen molar-refractivity contribution in [3.05, 3.63) is 58.1 Å². The summed E-state index contributed by atoms with van der Waals surface area (Å²) in [5, 5.41) is 15.4. The van der Waals surface area contributed by atoms with Crippen LogP contribution in [0.3, 0.4) is 0 Å². The fourth-order valence-electron chi connectivity index (χ4n) is 2.36. The van der Waals surface area contributed by atoms with Gasteiger partial charge in [-0.05, 0) is 42.7 Å². The van der Waals surface area contributed by atoms with Crippen LogP contribution in [0.2, 0.25) is 5.02 Å². The molecule has 0 aromatic heterocycles. The Hall–Kier alpha value is -2.51. The maximum atomic E-state index is 12.2. The fraction of sp³-hybridized carbons (Fsp3) is 0.222. The second-order valence-corrected chi connectivity index (χ2v) is 5.60. The van der Waals surface area contributed by atoms with Crippen LogP contribution in [0.1, 0.15) is 23.6 Å². The lowest BCUT2D eigenvalue weighted by Crippen LogP contribution is -2.23. The van der Waals surface area contributed by atoms with Crippen molar-refractivity contribution in [3.63, 3.8) is 0 Å². The topological polar surface area (TPSA) is 64.9 Å². The van der Waals surface area contributed by atoms with Gasteiger partial charge in [0, 0.05) is 10.7 Å². The van der Waals surface area contributed by atoms with Crippen molar-refractivity contribution < 1.29 is 4.79 Å². The number of anilines is 2. The second kappa shape index (κ2) is 7.66. The number of para-hydroxylation sites is 1. The molecule has 118 valence electrons. The smallest absolute Gasteiger partial charge is 0.243 e. The number of nitriles is 1. The highest BCUT2D eigenvalue weighted by atomic mass is 35.5. The third-order valence-corrected chi connectivity index (χ3v) is 3.78. The lowest BCUT2D eigenvalue weighted by Gasteiger charge is -2.14. The molecule has 2 aromatic rings. The molecular weight excluding hydrogens is 310 g/mol. The number of aryl methyl sites for hydroxylation is 2. The van der Waals surface area contributed by atoms with Gasteiger partial charge in [-0.3, -0.25) is 4.79 Å². The van der Waals surface area contributed by atoms with Gasteiger partial charge in [0.25, 0.3) is 0 Å². The van der Waals surface area contributed by atoms with Gasteiger partial charge in [0.15, 0.2) is 0 Å². The van der Waals surface area contributed by atoms with Crippen molar-refractivity contribution in [3.8, 4) is 6.07 Å². The van der Waals surface area contributed by atoms with Crippen molar-refractivity contribution in [2.45, 2.75) is 20.3 Å². The Labute approximate surface area is 141 Å². The van der Waals surface area contributed by atoms with Crippen molar-refractivity contribution in [1.82, 2.24) is 0 Å². The first kappa shape index (κ1) is 16.9. The van der Waals surface area contributed by atoms with Gasteiger partial charge < -0.3 is 10.6 Å². The number of hydrogen-bond donors (Lipinski definition) is 2. The van der Waals surface area contributed by atoms with Gasteiger partial charge in [-0.15, -0.1) is 0 Å². The molecule has 0 aliphatic rings. The molecule has 1 amide bonds. The summed E-state index contributed by atoms with van der Waals surface area (Å²) in [5.74, 6) is -0.228. The summed E-state index contributed by atoms with van der Waals surface area (Å²) in [4.78, 5) is 12.2. The predicted molar refractivity (Wildman–Crippen MR) is 93.8 cm³/mol. The number of halogens is 1. The molecular formula is C18H18ClN3O. The van der Waals surface area contributed by atoms with Gasteiger partial charge >= 0.3 is 0 Å². The first-order chi connectivity index (χ1) is 11.0. The molecule has 2 rings (SSSR count). The Bertz CT molecular complexity index is 765. The van der Waals surface area contributed by atoms with E-state index in [9.17, 15) is 4.79 Å². The van der Waals surface area contributed by atoms with Gasteiger partial charge in [-0.1, -0.05) is 36.7 Å². The normalized spacial score (nSPS) is 10.0. The quantitative estimate of drug-likeness (QED) is 0.867. The van der Waals surface area contributed by atoms with Gasteiger partial charge in [0.2, 0.25) is 5.91 Å². The van der Waals surface area contributed by atoms with Crippen LogP contribution in [0.25, 0.3) is 0 Å². The zero-order valence-electron chi connectivity index (χ0n) is 13.1. The maximum absolute atomic E-state index is 12.2. The maximum Gasteiger partial charge on any atom is 0.243 e. The second-order valence-electron chi connectivity index (χ2n) is 5.17. The number of nitrogens with one attached hydrogen (secondary N) is 2. The van der Waals surface area contributed by atoms with E-state index in [-0.39, 0.29) is 12.5 Å². The number of carbonyl (C=O) groups excluding carboxylic acids is 1. The Morgan fingerprint density at radius 3 is 2.78 bits per heavy atom. The average molecular weight is 328 g/mol. The monoisotopic (exact) mass is 327 g/mol. The highest BCUT2D eigenvalue weighted by molar-refractivity contribution is 6.31. The third kappa shape index (κ3) is 4.24. The highest BCUT2D eigenvalue weighted by Gasteiger charge is 2.09. The van der Waals surface area contributed by atoms with E-state index in [2.05, 4.69) is 17.6 Å². The first-order valence-electron chi connectivity index (χ1n) is 7.37. The summed E-state index contributed by atoms with van der Waals surface area (Å²) in [6, 6.07) is 12.9. The van der Waals surface area contributed by atoms with Crippen LogP contribution >= 0.6 is 11.6 Å². The molecule has 2 N–H and O–H groups in total. The van der Waals surface area contributed by atoms with Crippen molar-refractivity contribution in [2.75, 3.05) is 17.2 Å². The minimum atomic E-state index is -0.228. The van der Waals surface area contributed by atoms with Crippen LogP contribution in [0.15, 0.2) is 36.4 Å². The van der Waals surface area contributed by atoms with E-state index in [0.717, 1.165) is 17.7 Å². The number of amides is 1. The molecule has 0 fully saturated rings. The molecule has 23 heavy (non-hydrogen) atoms. The summed E-state index contributed by atoms with van der Waals surface area (Å²) in [6.07, 6.45) is 0.887. The summed E-state index contributed by atoms with van der Waals surface area (Å²) < 4.78 is 0. The molecule has 0 radical (unpaired) electrons. The van der Waals surface area contributed by atoms with E-state index in [0.29, 0.717) is 16.3 Å². The first-order valence-corrected chi connectivity index (χ1v) is 7.74. The number of hydrogen-bond acceptors (Lipinski definition) is 3. The SMILES string of the molecule is CCc1cccc(C)c1NCC(=O)Nc1cc(Cl)ccc1C#N. The van der Waals surface area contributed by atoms with Crippen LogP contribution in [0.4, 0.5) is 11.4 Å². The van der Waals surface area contributed by atoms with Gasteiger partial charge in [0.05, 0.1) is 17.8 Å². The molecule has 2 aromatic carbocycles. The molecule has 0 aliphatic heterocycles. The minimum Gasteiger partial charge on any atom is -0.376 e. The Kier molecular flexibility index (Phi) is 5.61. The van der Waals surface area contributed by atoms with Crippen molar-refractivity contribution >= 4 is 28.9 Å². The van der Waals surface area contributed by atoms with Crippen LogP contribution < -0.4 is 10.6 Å². The molecule has 0 atom stereocenters. The third-order valence-electron chi connectivity index (χ3n) is 3.54. The van der Waals surface area contributed by atoms with Crippen LogP contribution in [0, 0.1) is 18.3 Å². The standard InChI is InChI=1S/C18H18ClN3O/c1-3-13-6-4-5-12(2)18(13)21-11-17(23)22-16-9-15(19)8-7-14(16)10-20/h4-9,21H,3,11H2,1-2H3,(H,22,23). The number of carbonyl (C=O) groups is 1. The van der Waals surface area contributed by atoms with E-state index < -0.39 is 0 Å². The summed E-state index contributed by atoms with van der Waals surface area (Å²) in [5.41, 5.74) is 4.05. The average Bonchev–Trinajstić information content (AvgIpc) is 2.53. The summed E-state index contributed by atoms with van der Waals surface area (Å²) in [7, 11) is 0. The number of rotatable bonds is 5. The molecule has 0 unspecified atom stereocenters. The zero-order chi connectivity index (χ0) is 16.8. The molecule has 5 heteroatoms. The predicted octanol–water partition coefficient (Wildman–Crippen LogP) is 4.13. The lowest BCUT2D eigenvalue weighted by molar-refractivity contribution is -0.114. The van der Waals surface area contributed by atoms with Crippen molar-refractivity contribution in [1.29, 1.82) is 5.26 Å². The Morgan fingerprint density at radius 1 is 1.30 bits per heavy atom. The Morgan fingerprint density at radius 2 is 2.09 bits per heavy atom. The molecule has 0 bridgehead atoms. The minimum absolute atomic E-state index is 0.120. The lowest BCUT2D eigenvalue weighted by atomic mass is 10.1. The summed E-state index contributed by atoms with van der Waals surface area (Å²) in [6.45, 7) is 4.20. The molecule has 0 spiro atoms. The van der Waals surface area contributed by atoms with Crippen LogP contribution in [-0.2, 0) is 11.2 Å². The van der Waals surface area contributed by atoms with E-state index >= 15 is 0 Å². The number of nitrogens with zero attached hydrogens (tertiary/aromatic N) is 1. The van der Waals surface area contributed by atoms with E-state index in [1.165, 1.54) is 5.56 Å². The summed E-state index contributed by atoms with van der Waals surface area (Å²) >= 11 is 5.91. The molecule has 0 saturated heterocycles. The molecule has 0 saturated carbocycles. The van der Waals surface area contributed by atoms with Gasteiger partial charge in [0.1, 0.15) is 6.07 Å². The van der Waals surface area contributed by atoms with Gasteiger partial charge in [-0.25, -0.2) is 0 Å². The Balaban J connectivity index is 2.07. The molecule has 4 nitrogen and oxygen atoms in total. The van der Waals surface area contributed by atoms with Crippen LogP contribution in [0.5, 0.6) is 0 Å². The van der Waals surface area contributed by atoms with E-state index in [4.69, 9.17) is 16.9 Å². The van der Waals surface area contributed by atoms with Gasteiger partial charge in [-0.2, -0.15) is 5.26 Å². The zero-order valence-corrected chi connectivity index (χ0v) is 13.9. The van der Waals surface area contributed by atoms with Crippen molar-refractivity contribution in [2.24, 2.45) is 0 Å². The number of benzene rings is 2. The van der Waals surface area contributed by atoms with E-state index in [1.807, 2.05) is 31.2 Å². The highest BCUT2D eigenvalue weighted by Crippen LogP contribution is 2.22. The van der Waals surface area contributed by atoms with Crippen LogP contribution in [-0.4, -0.2) is 12.5 Å². The van der Waals surface area contributed by atoms with E-state index in [1.54, 1.807) is 18.2 Å². The fourth-order valence-corrected chi connectivity index (χ4v) is 2.53. The molecule has 0 aliphatic carbocycles. The molecule has 0 heterocycles. The largest absolute Gasteiger partial charge is 0.376 e.